The van der Waals surface area contributed by atoms with Crippen molar-refractivity contribution in [2.24, 2.45) is 0 Å². The third kappa shape index (κ3) is 8.89. The van der Waals surface area contributed by atoms with E-state index in [0.29, 0.717) is 21.7 Å². The largest absolute Gasteiger partial charge is 0.490 e. The molecule has 0 aliphatic carbocycles. The smallest absolute Gasteiger partial charge is 0.475 e. The quantitative estimate of drug-likeness (QED) is 0.518. The van der Waals surface area contributed by atoms with Gasteiger partial charge in [-0.25, -0.2) is 13.2 Å². The van der Waals surface area contributed by atoms with E-state index in [1.54, 1.807) is 26.0 Å². The molecule has 0 unspecified atom stereocenters. The van der Waals surface area contributed by atoms with E-state index in [1.807, 2.05) is 31.2 Å². The van der Waals surface area contributed by atoms with Crippen LogP contribution < -0.4 is 10.2 Å². The third-order valence-corrected chi connectivity index (χ3v) is 7.18. The number of carbonyl (C=O) groups excluding carboxylic acids is 1. The summed E-state index contributed by atoms with van der Waals surface area (Å²) in [6.07, 6.45) is -5.16. The second-order valence-corrected chi connectivity index (χ2v) is 9.86. The fourth-order valence-corrected chi connectivity index (χ4v) is 5.18. The summed E-state index contributed by atoms with van der Waals surface area (Å²) in [4.78, 5) is 23.8. The Kier molecular flexibility index (Phi) is 10.8. The predicted molar refractivity (Wildman–Crippen MR) is 130 cm³/mol. The van der Waals surface area contributed by atoms with Gasteiger partial charge in [-0.15, -0.1) is 0 Å². The molecular formula is C24H31F3N2O5S. The van der Waals surface area contributed by atoms with Crippen molar-refractivity contribution in [2.45, 2.75) is 52.1 Å². The first-order chi connectivity index (χ1) is 16.1. The van der Waals surface area contributed by atoms with Gasteiger partial charge in [-0.3, -0.25) is 4.79 Å². The Morgan fingerprint density at radius 1 is 0.971 bits per heavy atom. The molecule has 0 aliphatic heterocycles. The molecule has 0 atom stereocenters. The average Bonchev–Trinajstić information content (AvgIpc) is 2.74. The third-order valence-electron chi connectivity index (χ3n) is 5.17. The number of aryl methyl sites for hydroxylation is 3. The lowest BCUT2D eigenvalue weighted by Crippen LogP contribution is -2.22. The number of nitrogens with one attached hydrogen (secondary N) is 1. The number of carbonyl (C=O) groups is 2. The lowest BCUT2D eigenvalue weighted by molar-refractivity contribution is -0.192. The molecule has 35 heavy (non-hydrogen) atoms. The fraction of sp³-hybridized carbons (Fsp3) is 0.417. The molecule has 0 radical (unpaired) electrons. The molecule has 0 saturated heterocycles. The lowest BCUT2D eigenvalue weighted by atomic mass is 10.1. The summed E-state index contributed by atoms with van der Waals surface area (Å²) in [5.74, 6) is -3.26. The summed E-state index contributed by atoms with van der Waals surface area (Å²) < 4.78 is 57.1. The van der Waals surface area contributed by atoms with Crippen molar-refractivity contribution in [3.05, 3.63) is 53.1 Å². The highest BCUT2D eigenvalue weighted by Gasteiger charge is 2.38. The van der Waals surface area contributed by atoms with Gasteiger partial charge in [-0.05, 0) is 69.5 Å². The topological polar surface area (TPSA) is 104 Å². The first-order valence-corrected chi connectivity index (χ1v) is 12.5. The highest BCUT2D eigenvalue weighted by molar-refractivity contribution is 7.91. The number of nitrogens with zero attached hydrogens (tertiary/aromatic N) is 1. The Labute approximate surface area is 203 Å². The molecule has 0 aromatic heterocycles. The number of anilines is 2. The molecule has 11 heteroatoms. The first kappa shape index (κ1) is 30.0. The van der Waals surface area contributed by atoms with Gasteiger partial charge in [-0.2, -0.15) is 13.2 Å². The molecule has 0 bridgehead atoms. The number of benzene rings is 2. The number of aliphatic carboxylic acids is 1. The van der Waals surface area contributed by atoms with Crippen LogP contribution in [0.4, 0.5) is 24.5 Å². The number of carboxylic acids is 1. The maximum absolute atomic E-state index is 12.7. The molecule has 2 aromatic rings. The summed E-state index contributed by atoms with van der Waals surface area (Å²) in [5, 5.41) is 9.97. The van der Waals surface area contributed by atoms with Crippen LogP contribution in [0.1, 0.15) is 37.0 Å². The van der Waals surface area contributed by atoms with Crippen molar-refractivity contribution < 1.29 is 36.3 Å². The van der Waals surface area contributed by atoms with E-state index in [2.05, 4.69) is 24.1 Å². The molecule has 2 N–H and O–H groups in total. The second kappa shape index (κ2) is 12.6. The minimum atomic E-state index is -5.08. The summed E-state index contributed by atoms with van der Waals surface area (Å²) in [7, 11) is -3.51. The number of alkyl halides is 3. The summed E-state index contributed by atoms with van der Waals surface area (Å²) in [6.45, 7) is 11.5. The van der Waals surface area contributed by atoms with Crippen molar-refractivity contribution in [3.8, 4) is 0 Å². The Morgan fingerprint density at radius 2 is 1.49 bits per heavy atom. The number of rotatable bonds is 8. The van der Waals surface area contributed by atoms with Crippen LogP contribution in [0.5, 0.6) is 0 Å². The van der Waals surface area contributed by atoms with Gasteiger partial charge in [0.25, 0.3) is 0 Å². The van der Waals surface area contributed by atoms with E-state index < -0.39 is 22.0 Å². The van der Waals surface area contributed by atoms with E-state index >= 15 is 0 Å². The van der Waals surface area contributed by atoms with Gasteiger partial charge in [0.1, 0.15) is 0 Å². The van der Waals surface area contributed by atoms with E-state index in [-0.39, 0.29) is 18.1 Å². The van der Waals surface area contributed by atoms with Crippen LogP contribution in [-0.2, 0) is 19.4 Å². The monoisotopic (exact) mass is 516 g/mol. The van der Waals surface area contributed by atoms with Crippen molar-refractivity contribution in [3.63, 3.8) is 0 Å². The molecule has 2 aromatic carbocycles. The standard InChI is InChI=1S/C22H30N2O3S.C2HF3O2/c1-6-24(7-2)19-11-12-20(18(5)15-19)23-21(25)13-14-28(26,27)22-16(3)9-8-10-17(22)4;3-2(4,5)1(6)7/h8-12,15H,6-7,13-14H2,1-5H3,(H,23,25);(H,6,7). The molecular weight excluding hydrogens is 485 g/mol. The van der Waals surface area contributed by atoms with Crippen molar-refractivity contribution in [1.29, 1.82) is 0 Å². The Balaban J connectivity index is 0.000000762. The zero-order valence-corrected chi connectivity index (χ0v) is 21.2. The highest BCUT2D eigenvalue weighted by atomic mass is 32.2. The van der Waals surface area contributed by atoms with Crippen LogP contribution >= 0.6 is 0 Å². The Bertz CT molecular complexity index is 1120. The van der Waals surface area contributed by atoms with Gasteiger partial charge in [0.15, 0.2) is 9.84 Å². The van der Waals surface area contributed by atoms with Gasteiger partial charge >= 0.3 is 12.1 Å². The number of sulfone groups is 1. The van der Waals surface area contributed by atoms with Crippen molar-refractivity contribution >= 4 is 33.1 Å². The highest BCUT2D eigenvalue weighted by Crippen LogP contribution is 2.24. The zero-order chi connectivity index (χ0) is 27.0. The van der Waals surface area contributed by atoms with Gasteiger partial charge in [0.05, 0.1) is 10.6 Å². The molecule has 7 nitrogen and oxygen atoms in total. The van der Waals surface area contributed by atoms with E-state index in [1.165, 1.54) is 0 Å². The molecule has 0 fully saturated rings. The molecule has 1 amide bonds. The molecule has 0 saturated carbocycles. The van der Waals surface area contributed by atoms with Gasteiger partial charge < -0.3 is 15.3 Å². The number of halogens is 3. The van der Waals surface area contributed by atoms with Gasteiger partial charge in [0.2, 0.25) is 5.91 Å². The fourth-order valence-electron chi connectivity index (χ4n) is 3.41. The number of carboxylic acid groups (broad SMARTS) is 1. The predicted octanol–water partition coefficient (Wildman–Crippen LogP) is 4.89. The lowest BCUT2D eigenvalue weighted by Gasteiger charge is -2.22. The normalized spacial score (nSPS) is 11.3. The van der Waals surface area contributed by atoms with E-state index in [0.717, 1.165) is 24.3 Å². The number of hydrogen-bond donors (Lipinski definition) is 2. The maximum atomic E-state index is 12.7. The molecule has 0 spiro atoms. The van der Waals surface area contributed by atoms with Crippen molar-refractivity contribution in [2.75, 3.05) is 29.1 Å². The summed E-state index contributed by atoms with van der Waals surface area (Å²) >= 11 is 0. The molecule has 0 aliphatic rings. The number of amides is 1. The van der Waals surface area contributed by atoms with E-state index in [9.17, 15) is 26.4 Å². The average molecular weight is 517 g/mol. The SMILES string of the molecule is CCN(CC)c1ccc(NC(=O)CCS(=O)(=O)c2c(C)cccc2C)c(C)c1.O=C(O)C(F)(F)F. The van der Waals surface area contributed by atoms with Crippen LogP contribution in [0.2, 0.25) is 0 Å². The maximum Gasteiger partial charge on any atom is 0.490 e. The summed E-state index contributed by atoms with van der Waals surface area (Å²) in [6, 6.07) is 11.3. The summed E-state index contributed by atoms with van der Waals surface area (Å²) in [5.41, 5.74) is 4.20. The minimum Gasteiger partial charge on any atom is -0.475 e. The van der Waals surface area contributed by atoms with Crippen LogP contribution in [0, 0.1) is 20.8 Å². The van der Waals surface area contributed by atoms with E-state index in [4.69, 9.17) is 9.90 Å². The van der Waals surface area contributed by atoms with Crippen LogP contribution in [0.3, 0.4) is 0 Å². The van der Waals surface area contributed by atoms with Crippen molar-refractivity contribution in [1.82, 2.24) is 0 Å². The molecule has 194 valence electrons. The Hall–Kier alpha value is -3.08. The first-order valence-electron chi connectivity index (χ1n) is 10.9. The molecule has 2 rings (SSSR count). The van der Waals surface area contributed by atoms with Crippen LogP contribution in [-0.4, -0.2) is 50.4 Å². The zero-order valence-electron chi connectivity index (χ0n) is 20.4. The minimum absolute atomic E-state index is 0.0760. The van der Waals surface area contributed by atoms with Gasteiger partial charge in [0, 0.05) is 30.9 Å². The molecule has 0 heterocycles. The van der Waals surface area contributed by atoms with Gasteiger partial charge in [-0.1, -0.05) is 18.2 Å². The van der Waals surface area contributed by atoms with Crippen LogP contribution in [0.25, 0.3) is 0 Å². The Morgan fingerprint density at radius 3 is 1.91 bits per heavy atom. The second-order valence-electron chi connectivity index (χ2n) is 7.81. The van der Waals surface area contributed by atoms with Crippen LogP contribution in [0.15, 0.2) is 41.3 Å². The number of hydrogen-bond acceptors (Lipinski definition) is 5.